The molecule has 0 atom stereocenters. The molecule has 182 valence electrons. The molecule has 0 radical (unpaired) electrons. The zero-order valence-corrected chi connectivity index (χ0v) is 20.4. The summed E-state index contributed by atoms with van der Waals surface area (Å²) in [4.78, 5) is 15.7. The summed E-state index contributed by atoms with van der Waals surface area (Å²) in [6, 6.07) is 19.5. The Morgan fingerprint density at radius 3 is 2.43 bits per heavy atom. The maximum atomic E-state index is 13.5. The third-order valence-corrected chi connectivity index (χ3v) is 7.75. The quantitative estimate of drug-likeness (QED) is 0.362. The third kappa shape index (κ3) is 5.61. The maximum absolute atomic E-state index is 13.5. The second-order valence-corrected chi connectivity index (χ2v) is 10.2. The average Bonchev–Trinajstić information content (AvgIpc) is 2.83. The van der Waals surface area contributed by atoms with Crippen LogP contribution in [0.15, 0.2) is 82.5 Å². The molecule has 4 rings (SSSR count). The molecular formula is C27H27FN2O4S. The van der Waals surface area contributed by atoms with Gasteiger partial charge in [0.25, 0.3) is 5.56 Å². The molecule has 3 aromatic carbocycles. The standard InChI is InChI=1S/C27H27FN2O4S/c1-3-34-24-10-13-26-21(17-24)16-22(27(31)29-26)18-30(15-14-20-7-5-4-6-19(20)2)35(32,33)25-11-8-23(28)9-12-25/h4-13,16-17H,3,14-15,18H2,1-2H3,(H,29,31). The van der Waals surface area contributed by atoms with Crippen molar-refractivity contribution < 1.29 is 17.5 Å². The van der Waals surface area contributed by atoms with Crippen LogP contribution in [0.4, 0.5) is 4.39 Å². The number of hydrogen-bond donors (Lipinski definition) is 1. The number of pyridine rings is 1. The van der Waals surface area contributed by atoms with Gasteiger partial charge in [0.15, 0.2) is 0 Å². The Hall–Kier alpha value is -3.49. The van der Waals surface area contributed by atoms with Crippen LogP contribution >= 0.6 is 0 Å². The van der Waals surface area contributed by atoms with Crippen LogP contribution in [-0.2, 0) is 23.0 Å². The van der Waals surface area contributed by atoms with Crippen LogP contribution in [0, 0.1) is 12.7 Å². The highest BCUT2D eigenvalue weighted by Gasteiger charge is 2.26. The molecule has 1 heterocycles. The summed E-state index contributed by atoms with van der Waals surface area (Å²) < 4.78 is 47.4. The predicted molar refractivity (Wildman–Crippen MR) is 135 cm³/mol. The molecule has 35 heavy (non-hydrogen) atoms. The fraction of sp³-hybridized carbons (Fsp3) is 0.222. The largest absolute Gasteiger partial charge is 0.494 e. The molecule has 0 amide bonds. The lowest BCUT2D eigenvalue weighted by Crippen LogP contribution is -2.34. The number of benzene rings is 3. The van der Waals surface area contributed by atoms with Crippen molar-refractivity contribution in [3.8, 4) is 5.75 Å². The summed E-state index contributed by atoms with van der Waals surface area (Å²) in [7, 11) is -4.00. The van der Waals surface area contributed by atoms with Crippen LogP contribution in [0.25, 0.3) is 10.9 Å². The molecule has 0 aliphatic heterocycles. The number of sulfonamides is 1. The van der Waals surface area contributed by atoms with E-state index in [4.69, 9.17) is 4.74 Å². The molecule has 1 aromatic heterocycles. The van der Waals surface area contributed by atoms with Gasteiger partial charge >= 0.3 is 0 Å². The highest BCUT2D eigenvalue weighted by Crippen LogP contribution is 2.23. The highest BCUT2D eigenvalue weighted by molar-refractivity contribution is 7.89. The molecule has 0 saturated carbocycles. The maximum Gasteiger partial charge on any atom is 0.252 e. The van der Waals surface area contributed by atoms with Crippen molar-refractivity contribution in [1.82, 2.24) is 9.29 Å². The second kappa shape index (κ2) is 10.4. The van der Waals surface area contributed by atoms with Gasteiger partial charge in [0.2, 0.25) is 10.0 Å². The van der Waals surface area contributed by atoms with E-state index in [1.54, 1.807) is 18.2 Å². The number of H-pyrrole nitrogens is 1. The molecule has 0 unspecified atom stereocenters. The number of rotatable bonds is 9. The van der Waals surface area contributed by atoms with Gasteiger partial charge in [0.1, 0.15) is 11.6 Å². The number of aromatic nitrogens is 1. The van der Waals surface area contributed by atoms with Crippen molar-refractivity contribution in [3.63, 3.8) is 0 Å². The van der Waals surface area contributed by atoms with E-state index in [0.29, 0.717) is 29.9 Å². The van der Waals surface area contributed by atoms with Gasteiger partial charge in [-0.25, -0.2) is 12.8 Å². The van der Waals surface area contributed by atoms with E-state index in [1.165, 1.54) is 16.4 Å². The number of aryl methyl sites for hydroxylation is 1. The Morgan fingerprint density at radius 2 is 1.71 bits per heavy atom. The summed E-state index contributed by atoms with van der Waals surface area (Å²) in [5, 5.41) is 0.739. The van der Waals surface area contributed by atoms with E-state index in [0.717, 1.165) is 28.6 Å². The zero-order valence-electron chi connectivity index (χ0n) is 19.6. The molecule has 8 heteroatoms. The lowest BCUT2D eigenvalue weighted by Gasteiger charge is -2.23. The van der Waals surface area contributed by atoms with Gasteiger partial charge in [0, 0.05) is 29.6 Å². The molecule has 4 aromatic rings. The van der Waals surface area contributed by atoms with E-state index in [-0.39, 0.29) is 23.5 Å². The third-order valence-electron chi connectivity index (χ3n) is 5.89. The monoisotopic (exact) mass is 494 g/mol. The summed E-state index contributed by atoms with van der Waals surface area (Å²) in [5.41, 5.74) is 2.65. The Kier molecular flexibility index (Phi) is 7.33. The smallest absolute Gasteiger partial charge is 0.252 e. The van der Waals surface area contributed by atoms with E-state index in [1.807, 2.05) is 44.2 Å². The predicted octanol–water partition coefficient (Wildman–Crippen LogP) is 4.81. The molecule has 0 spiro atoms. The Balaban J connectivity index is 1.72. The van der Waals surface area contributed by atoms with E-state index >= 15 is 0 Å². The van der Waals surface area contributed by atoms with Crippen molar-refractivity contribution >= 4 is 20.9 Å². The van der Waals surface area contributed by atoms with Gasteiger partial charge < -0.3 is 9.72 Å². The number of nitrogens with one attached hydrogen (secondary N) is 1. The fourth-order valence-electron chi connectivity index (χ4n) is 3.97. The normalized spacial score (nSPS) is 11.8. The van der Waals surface area contributed by atoms with E-state index in [9.17, 15) is 17.6 Å². The van der Waals surface area contributed by atoms with Crippen LogP contribution in [0.2, 0.25) is 0 Å². The van der Waals surface area contributed by atoms with E-state index < -0.39 is 15.8 Å². The average molecular weight is 495 g/mol. The summed E-state index contributed by atoms with van der Waals surface area (Å²) in [5.74, 6) is 0.139. The van der Waals surface area contributed by atoms with Crippen molar-refractivity contribution in [3.05, 3.63) is 106 Å². The molecule has 0 bridgehead atoms. The topological polar surface area (TPSA) is 79.5 Å². The first-order chi connectivity index (χ1) is 16.8. The summed E-state index contributed by atoms with van der Waals surface area (Å²) in [6.45, 7) is 4.38. The van der Waals surface area contributed by atoms with Crippen LogP contribution in [0.3, 0.4) is 0 Å². The first kappa shape index (κ1) is 24.6. The molecule has 0 aliphatic rings. The number of aromatic amines is 1. The van der Waals surface area contributed by atoms with Gasteiger partial charge in [-0.1, -0.05) is 24.3 Å². The SMILES string of the molecule is CCOc1ccc2[nH]c(=O)c(CN(CCc3ccccc3C)S(=O)(=O)c3ccc(F)cc3)cc2c1. The van der Waals surface area contributed by atoms with Crippen molar-refractivity contribution in [2.45, 2.75) is 31.7 Å². The molecule has 6 nitrogen and oxygen atoms in total. The second-order valence-electron chi connectivity index (χ2n) is 8.27. The molecule has 0 fully saturated rings. The Morgan fingerprint density at radius 1 is 0.971 bits per heavy atom. The molecule has 1 N–H and O–H groups in total. The van der Waals surface area contributed by atoms with Crippen LogP contribution in [0.5, 0.6) is 5.75 Å². The minimum atomic E-state index is -4.00. The molecular weight excluding hydrogens is 467 g/mol. The van der Waals surface area contributed by atoms with Crippen molar-refractivity contribution in [2.75, 3.05) is 13.2 Å². The lowest BCUT2D eigenvalue weighted by atomic mass is 10.1. The van der Waals surface area contributed by atoms with Gasteiger partial charge in [-0.3, -0.25) is 4.79 Å². The summed E-state index contributed by atoms with van der Waals surface area (Å²) in [6.07, 6.45) is 0.465. The van der Waals surface area contributed by atoms with Crippen LogP contribution in [-0.4, -0.2) is 30.9 Å². The van der Waals surface area contributed by atoms with E-state index in [2.05, 4.69) is 4.98 Å². The highest BCUT2D eigenvalue weighted by atomic mass is 32.2. The molecule has 0 aliphatic carbocycles. The number of halogens is 1. The van der Waals surface area contributed by atoms with Crippen molar-refractivity contribution in [2.24, 2.45) is 0 Å². The minimum Gasteiger partial charge on any atom is -0.494 e. The minimum absolute atomic E-state index is 0.0282. The number of fused-ring (bicyclic) bond motifs is 1. The van der Waals surface area contributed by atoms with Crippen LogP contribution in [0.1, 0.15) is 23.6 Å². The van der Waals surface area contributed by atoms with Gasteiger partial charge in [-0.2, -0.15) is 4.31 Å². The first-order valence-corrected chi connectivity index (χ1v) is 12.8. The van der Waals surface area contributed by atoms with Crippen molar-refractivity contribution in [1.29, 1.82) is 0 Å². The first-order valence-electron chi connectivity index (χ1n) is 11.4. The molecule has 0 saturated heterocycles. The fourth-order valence-corrected chi connectivity index (χ4v) is 5.39. The van der Waals surface area contributed by atoms with Gasteiger partial charge in [-0.05, 0) is 79.9 Å². The van der Waals surface area contributed by atoms with Gasteiger partial charge in [-0.15, -0.1) is 0 Å². The number of nitrogens with zero attached hydrogens (tertiary/aromatic N) is 1. The Bertz CT molecular complexity index is 1500. The van der Waals surface area contributed by atoms with Gasteiger partial charge in [0.05, 0.1) is 11.5 Å². The lowest BCUT2D eigenvalue weighted by molar-refractivity contribution is 0.340. The number of ether oxygens (including phenoxy) is 1. The Labute approximate surface area is 204 Å². The summed E-state index contributed by atoms with van der Waals surface area (Å²) >= 11 is 0. The number of hydrogen-bond acceptors (Lipinski definition) is 4. The zero-order chi connectivity index (χ0) is 25.0. The van der Waals surface area contributed by atoms with Crippen LogP contribution < -0.4 is 10.3 Å².